The fourth-order valence-electron chi connectivity index (χ4n) is 3.19. The number of hydrogen-bond donors (Lipinski definition) is 0. The number of alkyl halides is 4. The first-order valence-corrected chi connectivity index (χ1v) is 7.84. The monoisotopic (exact) mass is 338 g/mol. The van der Waals surface area contributed by atoms with Crippen LogP contribution in [-0.2, 0) is 11.6 Å². The van der Waals surface area contributed by atoms with Gasteiger partial charge in [0.05, 0.1) is 5.56 Å². The zero-order chi connectivity index (χ0) is 17.2. The lowest BCUT2D eigenvalue weighted by atomic mass is 9.76. The first kappa shape index (κ1) is 16.7. The fourth-order valence-corrected chi connectivity index (χ4v) is 3.19. The second-order valence-corrected chi connectivity index (χ2v) is 6.16. The first-order chi connectivity index (χ1) is 11.4. The molecule has 0 spiro atoms. The van der Waals surface area contributed by atoms with Crippen molar-refractivity contribution in [3.63, 3.8) is 0 Å². The molecule has 0 atom stereocenters. The molecule has 1 fully saturated rings. The molecule has 0 aliphatic carbocycles. The van der Waals surface area contributed by atoms with E-state index in [1.807, 2.05) is 17.0 Å². The predicted molar refractivity (Wildman–Crippen MR) is 84.8 cm³/mol. The maximum Gasteiger partial charge on any atom is 0.416 e. The van der Waals surface area contributed by atoms with E-state index in [1.54, 1.807) is 12.3 Å². The van der Waals surface area contributed by atoms with Crippen LogP contribution in [0.25, 0.3) is 0 Å². The molecule has 2 heterocycles. The highest BCUT2D eigenvalue weighted by atomic mass is 19.4. The summed E-state index contributed by atoms with van der Waals surface area (Å²) in [6, 6.07) is 10.6. The standard InChI is InChI=1S/C18H18F4N2/c19-13-17(16-3-1-2-10-23-16)8-11-24(12-9-17)15-6-4-14(5-7-15)18(20,21)22/h1-7,10H,8-9,11-13H2. The highest BCUT2D eigenvalue weighted by molar-refractivity contribution is 5.49. The number of aromatic nitrogens is 1. The summed E-state index contributed by atoms with van der Waals surface area (Å²) in [7, 11) is 0. The molecule has 2 nitrogen and oxygen atoms in total. The van der Waals surface area contributed by atoms with Gasteiger partial charge in [0.1, 0.15) is 6.67 Å². The molecule has 6 heteroatoms. The summed E-state index contributed by atoms with van der Waals surface area (Å²) in [5.74, 6) is 0. The Kier molecular flexibility index (Phi) is 4.47. The number of piperidine rings is 1. The minimum Gasteiger partial charge on any atom is -0.371 e. The molecule has 24 heavy (non-hydrogen) atoms. The van der Waals surface area contributed by atoms with Crippen molar-refractivity contribution in [3.8, 4) is 0 Å². The molecular weight excluding hydrogens is 320 g/mol. The van der Waals surface area contributed by atoms with Gasteiger partial charge in [-0.05, 0) is 49.2 Å². The molecule has 0 amide bonds. The van der Waals surface area contributed by atoms with Gasteiger partial charge < -0.3 is 4.90 Å². The summed E-state index contributed by atoms with van der Waals surface area (Å²) in [4.78, 5) is 6.30. The Hall–Kier alpha value is -2.11. The molecule has 0 saturated carbocycles. The van der Waals surface area contributed by atoms with E-state index in [0.717, 1.165) is 23.5 Å². The van der Waals surface area contributed by atoms with Crippen molar-refractivity contribution in [1.82, 2.24) is 4.98 Å². The van der Waals surface area contributed by atoms with E-state index in [4.69, 9.17) is 0 Å². The van der Waals surface area contributed by atoms with Crippen LogP contribution >= 0.6 is 0 Å². The number of anilines is 1. The molecule has 3 rings (SSSR count). The lowest BCUT2D eigenvalue weighted by Gasteiger charge is -2.40. The summed E-state index contributed by atoms with van der Waals surface area (Å²) >= 11 is 0. The molecule has 1 aliphatic heterocycles. The Balaban J connectivity index is 1.73. The number of nitrogens with zero attached hydrogens (tertiary/aromatic N) is 2. The van der Waals surface area contributed by atoms with E-state index in [1.165, 1.54) is 12.1 Å². The van der Waals surface area contributed by atoms with Crippen molar-refractivity contribution in [2.75, 3.05) is 24.7 Å². The van der Waals surface area contributed by atoms with Crippen molar-refractivity contribution in [1.29, 1.82) is 0 Å². The Morgan fingerprint density at radius 2 is 1.67 bits per heavy atom. The quantitative estimate of drug-likeness (QED) is 0.760. The lowest BCUT2D eigenvalue weighted by Crippen LogP contribution is -2.44. The van der Waals surface area contributed by atoms with Crippen LogP contribution in [0.1, 0.15) is 24.1 Å². The normalized spacial score (nSPS) is 17.8. The van der Waals surface area contributed by atoms with Crippen LogP contribution in [0.15, 0.2) is 48.7 Å². The summed E-state index contributed by atoms with van der Waals surface area (Å²) in [5, 5.41) is 0. The Bertz CT molecular complexity index is 660. The molecule has 1 aliphatic rings. The topological polar surface area (TPSA) is 16.1 Å². The smallest absolute Gasteiger partial charge is 0.371 e. The summed E-state index contributed by atoms with van der Waals surface area (Å²) in [6.45, 7) is 0.697. The van der Waals surface area contributed by atoms with E-state index in [2.05, 4.69) is 4.98 Å². The molecule has 1 aromatic carbocycles. The third kappa shape index (κ3) is 3.23. The van der Waals surface area contributed by atoms with Gasteiger partial charge in [-0.3, -0.25) is 9.37 Å². The largest absolute Gasteiger partial charge is 0.416 e. The van der Waals surface area contributed by atoms with E-state index >= 15 is 0 Å². The van der Waals surface area contributed by atoms with E-state index < -0.39 is 23.8 Å². The van der Waals surface area contributed by atoms with Crippen LogP contribution < -0.4 is 4.90 Å². The number of benzene rings is 1. The molecule has 1 saturated heterocycles. The van der Waals surface area contributed by atoms with Gasteiger partial charge in [-0.15, -0.1) is 0 Å². The number of rotatable bonds is 3. The maximum atomic E-state index is 13.7. The van der Waals surface area contributed by atoms with E-state index in [9.17, 15) is 17.6 Å². The van der Waals surface area contributed by atoms with Gasteiger partial charge in [-0.1, -0.05) is 6.07 Å². The van der Waals surface area contributed by atoms with Gasteiger partial charge in [0, 0.05) is 36.1 Å². The average molecular weight is 338 g/mol. The van der Waals surface area contributed by atoms with Crippen LogP contribution in [0.4, 0.5) is 23.2 Å². The molecule has 0 N–H and O–H groups in total. The molecule has 0 radical (unpaired) electrons. The third-order valence-corrected chi connectivity index (χ3v) is 4.74. The van der Waals surface area contributed by atoms with E-state index in [0.29, 0.717) is 25.9 Å². The van der Waals surface area contributed by atoms with Gasteiger partial charge in [-0.2, -0.15) is 13.2 Å². The minimum atomic E-state index is -4.33. The van der Waals surface area contributed by atoms with Crippen molar-refractivity contribution in [2.45, 2.75) is 24.4 Å². The van der Waals surface area contributed by atoms with Gasteiger partial charge in [0.25, 0.3) is 0 Å². The first-order valence-electron chi connectivity index (χ1n) is 7.84. The Labute approximate surface area is 138 Å². The highest BCUT2D eigenvalue weighted by Gasteiger charge is 2.38. The highest BCUT2D eigenvalue weighted by Crippen LogP contribution is 2.37. The molecule has 0 bridgehead atoms. The SMILES string of the molecule is FCC1(c2ccccn2)CCN(c2ccc(C(F)(F)F)cc2)CC1. The van der Waals surface area contributed by atoms with Gasteiger partial charge in [0.15, 0.2) is 0 Å². The van der Waals surface area contributed by atoms with Crippen LogP contribution in [0.3, 0.4) is 0 Å². The second kappa shape index (κ2) is 6.42. The zero-order valence-electron chi connectivity index (χ0n) is 13.1. The Morgan fingerprint density at radius 3 is 2.17 bits per heavy atom. The van der Waals surface area contributed by atoms with Gasteiger partial charge in [0.2, 0.25) is 0 Å². The zero-order valence-corrected chi connectivity index (χ0v) is 13.1. The van der Waals surface area contributed by atoms with Gasteiger partial charge in [-0.25, -0.2) is 0 Å². The van der Waals surface area contributed by atoms with Crippen molar-refractivity contribution in [2.24, 2.45) is 0 Å². The minimum absolute atomic E-state index is 0.481. The van der Waals surface area contributed by atoms with Crippen molar-refractivity contribution in [3.05, 3.63) is 59.9 Å². The fraction of sp³-hybridized carbons (Fsp3) is 0.389. The van der Waals surface area contributed by atoms with Crippen LogP contribution in [-0.4, -0.2) is 24.7 Å². The number of halogens is 4. The Morgan fingerprint density at radius 1 is 1.00 bits per heavy atom. The summed E-state index contributed by atoms with van der Waals surface area (Å²) in [5.41, 5.74) is 0.231. The molecule has 2 aromatic rings. The van der Waals surface area contributed by atoms with Crippen LogP contribution in [0.2, 0.25) is 0 Å². The lowest BCUT2D eigenvalue weighted by molar-refractivity contribution is -0.137. The van der Waals surface area contributed by atoms with E-state index in [-0.39, 0.29) is 0 Å². The second-order valence-electron chi connectivity index (χ2n) is 6.16. The van der Waals surface area contributed by atoms with Crippen LogP contribution in [0, 0.1) is 0 Å². The average Bonchev–Trinajstić information content (AvgIpc) is 2.62. The predicted octanol–water partition coefficient (Wildman–Crippen LogP) is 4.61. The summed E-state index contributed by atoms with van der Waals surface area (Å²) < 4.78 is 51.7. The van der Waals surface area contributed by atoms with Crippen LogP contribution in [0.5, 0.6) is 0 Å². The van der Waals surface area contributed by atoms with Crippen molar-refractivity contribution < 1.29 is 17.6 Å². The number of pyridine rings is 1. The summed E-state index contributed by atoms with van der Waals surface area (Å²) in [6.07, 6.45) is -1.50. The maximum absolute atomic E-state index is 13.7. The molecule has 1 aromatic heterocycles. The third-order valence-electron chi connectivity index (χ3n) is 4.74. The van der Waals surface area contributed by atoms with Crippen molar-refractivity contribution >= 4 is 5.69 Å². The number of hydrogen-bond acceptors (Lipinski definition) is 2. The molecular formula is C18H18F4N2. The molecule has 128 valence electrons. The molecule has 0 unspecified atom stereocenters. The van der Waals surface area contributed by atoms with Gasteiger partial charge >= 0.3 is 6.18 Å².